The summed E-state index contributed by atoms with van der Waals surface area (Å²) < 4.78 is 2.99. The Kier molecular flexibility index (Phi) is 3.59. The molecule has 0 saturated carbocycles. The predicted molar refractivity (Wildman–Crippen MR) is 87.3 cm³/mol. The van der Waals surface area contributed by atoms with E-state index in [0.29, 0.717) is 4.88 Å². The van der Waals surface area contributed by atoms with Crippen LogP contribution in [0.2, 0.25) is 0 Å². The van der Waals surface area contributed by atoms with Crippen LogP contribution in [-0.4, -0.2) is 20.5 Å². The van der Waals surface area contributed by atoms with Crippen LogP contribution in [-0.2, 0) is 6.42 Å². The Balaban J connectivity index is 2.25. The SMILES string of the molecule is CCc1c(-c2ccc(Br)cc2)nc2sc(C(=O)O)c(C)n12. The highest BCUT2D eigenvalue weighted by Gasteiger charge is 2.21. The van der Waals surface area contributed by atoms with Gasteiger partial charge in [0.15, 0.2) is 4.96 Å². The van der Waals surface area contributed by atoms with Crippen LogP contribution in [0.4, 0.5) is 0 Å². The summed E-state index contributed by atoms with van der Waals surface area (Å²) in [4.78, 5) is 17.0. The number of aryl methyl sites for hydroxylation is 2. The van der Waals surface area contributed by atoms with Gasteiger partial charge in [0.2, 0.25) is 0 Å². The summed E-state index contributed by atoms with van der Waals surface area (Å²) in [6, 6.07) is 8.00. The third kappa shape index (κ3) is 2.28. The van der Waals surface area contributed by atoms with Crippen molar-refractivity contribution in [2.24, 2.45) is 0 Å². The summed E-state index contributed by atoms with van der Waals surface area (Å²) in [6.45, 7) is 3.89. The molecule has 0 radical (unpaired) electrons. The molecule has 0 unspecified atom stereocenters. The molecule has 6 heteroatoms. The topological polar surface area (TPSA) is 54.6 Å². The van der Waals surface area contributed by atoms with Crippen molar-refractivity contribution in [1.29, 1.82) is 0 Å². The van der Waals surface area contributed by atoms with E-state index >= 15 is 0 Å². The fraction of sp³-hybridized carbons (Fsp3) is 0.200. The van der Waals surface area contributed by atoms with Gasteiger partial charge in [0.25, 0.3) is 0 Å². The Morgan fingerprint density at radius 3 is 2.62 bits per heavy atom. The van der Waals surface area contributed by atoms with Gasteiger partial charge in [-0.1, -0.05) is 46.3 Å². The lowest BCUT2D eigenvalue weighted by atomic mass is 10.1. The summed E-state index contributed by atoms with van der Waals surface area (Å²) >= 11 is 4.65. The highest BCUT2D eigenvalue weighted by atomic mass is 79.9. The molecule has 21 heavy (non-hydrogen) atoms. The zero-order chi connectivity index (χ0) is 15.1. The van der Waals surface area contributed by atoms with Crippen molar-refractivity contribution in [2.45, 2.75) is 20.3 Å². The first kappa shape index (κ1) is 14.3. The molecule has 0 aliphatic carbocycles. The van der Waals surface area contributed by atoms with Gasteiger partial charge in [0.1, 0.15) is 4.88 Å². The molecule has 0 bridgehead atoms. The Hall–Kier alpha value is -1.66. The maximum Gasteiger partial charge on any atom is 0.347 e. The van der Waals surface area contributed by atoms with Crippen LogP contribution in [0, 0.1) is 6.92 Å². The molecule has 2 heterocycles. The summed E-state index contributed by atoms with van der Waals surface area (Å²) in [5.74, 6) is -0.893. The van der Waals surface area contributed by atoms with Crippen molar-refractivity contribution in [1.82, 2.24) is 9.38 Å². The normalized spacial score (nSPS) is 11.2. The van der Waals surface area contributed by atoms with Crippen molar-refractivity contribution in [3.05, 3.63) is 45.0 Å². The van der Waals surface area contributed by atoms with Gasteiger partial charge in [-0.15, -0.1) is 0 Å². The fourth-order valence-electron chi connectivity index (χ4n) is 2.48. The third-order valence-electron chi connectivity index (χ3n) is 3.45. The number of imidazole rings is 1. The minimum absolute atomic E-state index is 0.356. The van der Waals surface area contributed by atoms with Gasteiger partial charge in [-0.2, -0.15) is 0 Å². The number of carboxylic acids is 1. The molecule has 3 rings (SSSR count). The zero-order valence-electron chi connectivity index (χ0n) is 11.6. The lowest BCUT2D eigenvalue weighted by Crippen LogP contribution is -1.99. The molecule has 1 N–H and O–H groups in total. The second-order valence-electron chi connectivity index (χ2n) is 4.71. The molecule has 2 aromatic heterocycles. The minimum atomic E-state index is -0.893. The minimum Gasteiger partial charge on any atom is -0.477 e. The van der Waals surface area contributed by atoms with Crippen LogP contribution in [0.25, 0.3) is 16.2 Å². The van der Waals surface area contributed by atoms with Crippen LogP contribution in [0.1, 0.15) is 28.0 Å². The van der Waals surface area contributed by atoms with E-state index in [4.69, 9.17) is 0 Å². The first-order valence-electron chi connectivity index (χ1n) is 6.53. The molecule has 0 fully saturated rings. The molecule has 0 amide bonds. The predicted octanol–water partition coefficient (Wildman–Crippen LogP) is 4.39. The van der Waals surface area contributed by atoms with Gasteiger partial charge < -0.3 is 5.11 Å². The summed E-state index contributed by atoms with van der Waals surface area (Å²) in [5.41, 5.74) is 3.77. The number of fused-ring (bicyclic) bond motifs is 1. The lowest BCUT2D eigenvalue weighted by Gasteiger charge is -2.03. The number of hydrogen-bond acceptors (Lipinski definition) is 3. The average molecular weight is 365 g/mol. The van der Waals surface area contributed by atoms with Gasteiger partial charge in [0.05, 0.1) is 11.4 Å². The van der Waals surface area contributed by atoms with Crippen LogP contribution in [0.5, 0.6) is 0 Å². The number of thiazole rings is 1. The second-order valence-corrected chi connectivity index (χ2v) is 6.60. The molecule has 0 aliphatic heterocycles. The zero-order valence-corrected chi connectivity index (χ0v) is 14.0. The monoisotopic (exact) mass is 364 g/mol. The maximum atomic E-state index is 11.2. The lowest BCUT2D eigenvalue weighted by molar-refractivity contribution is 0.0701. The quantitative estimate of drug-likeness (QED) is 0.749. The number of rotatable bonds is 3. The molecule has 1 aromatic carbocycles. The van der Waals surface area contributed by atoms with Crippen molar-refractivity contribution >= 4 is 38.2 Å². The van der Waals surface area contributed by atoms with E-state index in [1.807, 2.05) is 35.6 Å². The Labute approximate surface area is 134 Å². The van der Waals surface area contributed by atoms with E-state index in [-0.39, 0.29) is 0 Å². The number of halogens is 1. The first-order valence-corrected chi connectivity index (χ1v) is 8.13. The molecule has 0 saturated heterocycles. The van der Waals surface area contributed by atoms with E-state index in [2.05, 4.69) is 27.8 Å². The van der Waals surface area contributed by atoms with E-state index in [0.717, 1.165) is 38.5 Å². The molecule has 0 atom stereocenters. The van der Waals surface area contributed by atoms with E-state index in [1.165, 1.54) is 11.3 Å². The summed E-state index contributed by atoms with van der Waals surface area (Å²) in [6.07, 6.45) is 0.795. The number of nitrogens with zero attached hydrogens (tertiary/aromatic N) is 2. The van der Waals surface area contributed by atoms with Crippen LogP contribution in [0.15, 0.2) is 28.7 Å². The molecular weight excluding hydrogens is 352 g/mol. The molecule has 108 valence electrons. The smallest absolute Gasteiger partial charge is 0.347 e. The number of aromatic carboxylic acids is 1. The molecule has 0 spiro atoms. The summed E-state index contributed by atoms with van der Waals surface area (Å²) in [5, 5.41) is 9.23. The largest absolute Gasteiger partial charge is 0.477 e. The van der Waals surface area contributed by atoms with Gasteiger partial charge in [-0.05, 0) is 25.5 Å². The second kappa shape index (κ2) is 5.27. The molecular formula is C15H13BrN2O2S. The van der Waals surface area contributed by atoms with Crippen molar-refractivity contribution < 1.29 is 9.90 Å². The Morgan fingerprint density at radius 2 is 2.05 bits per heavy atom. The number of benzene rings is 1. The third-order valence-corrected chi connectivity index (χ3v) is 5.11. The van der Waals surface area contributed by atoms with Gasteiger partial charge in [-0.25, -0.2) is 9.78 Å². The first-order chi connectivity index (χ1) is 10.0. The van der Waals surface area contributed by atoms with Crippen molar-refractivity contribution in [3.8, 4) is 11.3 Å². The highest BCUT2D eigenvalue weighted by Crippen LogP contribution is 2.32. The van der Waals surface area contributed by atoms with Gasteiger partial charge >= 0.3 is 5.97 Å². The Morgan fingerprint density at radius 1 is 1.38 bits per heavy atom. The fourth-order valence-corrected chi connectivity index (χ4v) is 3.72. The van der Waals surface area contributed by atoms with Crippen LogP contribution >= 0.6 is 27.3 Å². The van der Waals surface area contributed by atoms with E-state index in [1.54, 1.807) is 0 Å². The molecule has 0 aliphatic rings. The number of hydrogen-bond donors (Lipinski definition) is 1. The Bertz CT molecular complexity index is 834. The van der Waals surface area contributed by atoms with Gasteiger partial charge in [0, 0.05) is 15.7 Å². The van der Waals surface area contributed by atoms with Crippen LogP contribution < -0.4 is 0 Å². The average Bonchev–Trinajstić information content (AvgIpc) is 2.97. The van der Waals surface area contributed by atoms with Crippen molar-refractivity contribution in [2.75, 3.05) is 0 Å². The van der Waals surface area contributed by atoms with Crippen molar-refractivity contribution in [3.63, 3.8) is 0 Å². The molecule has 4 nitrogen and oxygen atoms in total. The molecule has 3 aromatic rings. The van der Waals surface area contributed by atoms with Crippen LogP contribution in [0.3, 0.4) is 0 Å². The van der Waals surface area contributed by atoms with E-state index in [9.17, 15) is 9.90 Å². The number of carboxylic acid groups (broad SMARTS) is 1. The highest BCUT2D eigenvalue weighted by molar-refractivity contribution is 9.10. The maximum absolute atomic E-state index is 11.2. The van der Waals surface area contributed by atoms with E-state index < -0.39 is 5.97 Å². The number of carbonyl (C=O) groups is 1. The summed E-state index contributed by atoms with van der Waals surface area (Å²) in [7, 11) is 0. The van der Waals surface area contributed by atoms with Gasteiger partial charge in [-0.3, -0.25) is 4.40 Å². The standard InChI is InChI=1S/C15H13BrN2O2S/c1-3-11-12(9-4-6-10(16)7-5-9)17-15-18(11)8(2)13(21-15)14(19)20/h4-7H,3H2,1-2H3,(H,19,20). The number of aromatic nitrogens is 2.